The van der Waals surface area contributed by atoms with E-state index in [2.05, 4.69) is 25.4 Å². The lowest BCUT2D eigenvalue weighted by atomic mass is 10.2. The molecule has 1 amide bonds. The molecule has 8 nitrogen and oxygen atoms in total. The van der Waals surface area contributed by atoms with Crippen molar-refractivity contribution >= 4 is 17.5 Å². The highest BCUT2D eigenvalue weighted by molar-refractivity contribution is 6.00. The van der Waals surface area contributed by atoms with Gasteiger partial charge in [0.1, 0.15) is 17.7 Å². The van der Waals surface area contributed by atoms with Crippen LogP contribution in [-0.4, -0.2) is 43.2 Å². The summed E-state index contributed by atoms with van der Waals surface area (Å²) < 4.78 is 41.7. The second-order valence-corrected chi connectivity index (χ2v) is 6.94. The Morgan fingerprint density at radius 3 is 2.67 bits per heavy atom. The largest absolute Gasteiger partial charge is 0.433 e. The first-order valence-corrected chi connectivity index (χ1v) is 9.17. The van der Waals surface area contributed by atoms with Gasteiger partial charge < -0.3 is 5.32 Å². The quantitative estimate of drug-likeness (QED) is 0.702. The highest BCUT2D eigenvalue weighted by Crippen LogP contribution is 2.31. The summed E-state index contributed by atoms with van der Waals surface area (Å²) in [6.07, 6.45) is -1.36. The van der Waals surface area contributed by atoms with Crippen molar-refractivity contribution in [3.63, 3.8) is 0 Å². The maximum atomic E-state index is 13.4. The fourth-order valence-corrected chi connectivity index (χ4v) is 3.36. The Kier molecular flexibility index (Phi) is 4.88. The number of hydrogen-bond acceptors (Lipinski definition) is 6. The minimum Gasteiger partial charge on any atom is -0.358 e. The van der Waals surface area contributed by atoms with Crippen LogP contribution < -0.4 is 10.2 Å². The zero-order chi connectivity index (χ0) is 21.5. The summed E-state index contributed by atoms with van der Waals surface area (Å²) >= 11 is 0. The molecule has 1 aliphatic heterocycles. The van der Waals surface area contributed by atoms with Crippen LogP contribution in [-0.2, 0) is 18.0 Å². The molecule has 1 N–H and O–H groups in total. The molecule has 1 atom stereocenters. The number of aromatic nitrogens is 5. The number of nitrogens with zero attached hydrogens (tertiary/aromatic N) is 6. The SMILES string of the molecule is Cc1cc(N2CCC(Nc3cc(C(F)(F)F)nc(-c4cccnc4)n3)C2=O)n(C)n1. The standard InChI is InChI=1S/C19H18F3N7O/c1-11-8-16(28(2)27-11)29-7-5-13(18(29)30)24-15-9-14(19(20,21)22)25-17(26-15)12-4-3-6-23-10-12/h3-4,6,8-10,13H,5,7H2,1-2H3,(H,24,25,26). The molecule has 1 aliphatic rings. The van der Waals surface area contributed by atoms with E-state index in [9.17, 15) is 18.0 Å². The van der Waals surface area contributed by atoms with Gasteiger partial charge in [0.2, 0.25) is 0 Å². The molecule has 0 aliphatic carbocycles. The van der Waals surface area contributed by atoms with Gasteiger partial charge in [-0.05, 0) is 25.5 Å². The molecule has 1 saturated heterocycles. The van der Waals surface area contributed by atoms with Gasteiger partial charge in [-0.1, -0.05) is 0 Å². The summed E-state index contributed by atoms with van der Waals surface area (Å²) in [4.78, 5) is 26.1. The van der Waals surface area contributed by atoms with E-state index >= 15 is 0 Å². The number of amides is 1. The highest BCUT2D eigenvalue weighted by atomic mass is 19.4. The molecule has 4 rings (SSSR count). The van der Waals surface area contributed by atoms with Crippen LogP contribution in [0.3, 0.4) is 0 Å². The number of carbonyl (C=O) groups is 1. The lowest BCUT2D eigenvalue weighted by molar-refractivity contribution is -0.141. The second-order valence-electron chi connectivity index (χ2n) is 6.94. The predicted molar refractivity (Wildman–Crippen MR) is 103 cm³/mol. The molecule has 0 spiro atoms. The van der Waals surface area contributed by atoms with Crippen molar-refractivity contribution in [3.8, 4) is 11.4 Å². The van der Waals surface area contributed by atoms with Crippen LogP contribution in [0.15, 0.2) is 36.7 Å². The Labute approximate surface area is 169 Å². The van der Waals surface area contributed by atoms with E-state index in [4.69, 9.17) is 0 Å². The lowest BCUT2D eigenvalue weighted by Gasteiger charge is -2.18. The van der Waals surface area contributed by atoms with Crippen molar-refractivity contribution in [2.75, 3.05) is 16.8 Å². The lowest BCUT2D eigenvalue weighted by Crippen LogP contribution is -2.34. The van der Waals surface area contributed by atoms with Gasteiger partial charge in [-0.15, -0.1) is 0 Å². The zero-order valence-electron chi connectivity index (χ0n) is 16.2. The number of carbonyl (C=O) groups excluding carboxylic acids is 1. The summed E-state index contributed by atoms with van der Waals surface area (Å²) in [5.41, 5.74) is 0.0169. The van der Waals surface area contributed by atoms with Gasteiger partial charge in [-0.2, -0.15) is 18.3 Å². The van der Waals surface area contributed by atoms with Gasteiger partial charge in [-0.25, -0.2) is 9.97 Å². The van der Waals surface area contributed by atoms with Crippen LogP contribution in [0.25, 0.3) is 11.4 Å². The third-order valence-corrected chi connectivity index (χ3v) is 4.72. The molecule has 3 aromatic heterocycles. The van der Waals surface area contributed by atoms with Gasteiger partial charge in [-0.3, -0.25) is 19.4 Å². The molecular formula is C19H18F3N7O. The summed E-state index contributed by atoms with van der Waals surface area (Å²) in [6.45, 7) is 2.24. The van der Waals surface area contributed by atoms with Gasteiger partial charge in [0.25, 0.3) is 5.91 Å². The molecule has 4 heterocycles. The zero-order valence-corrected chi connectivity index (χ0v) is 16.2. The summed E-state index contributed by atoms with van der Waals surface area (Å²) in [7, 11) is 1.73. The number of alkyl halides is 3. The average Bonchev–Trinajstić information content (AvgIpc) is 3.22. The second kappa shape index (κ2) is 7.39. The fourth-order valence-electron chi connectivity index (χ4n) is 3.36. The van der Waals surface area contributed by atoms with Crippen molar-refractivity contribution in [1.29, 1.82) is 0 Å². The van der Waals surface area contributed by atoms with Gasteiger partial charge >= 0.3 is 6.18 Å². The first-order chi connectivity index (χ1) is 14.2. The van der Waals surface area contributed by atoms with E-state index in [-0.39, 0.29) is 17.5 Å². The molecule has 0 radical (unpaired) electrons. The summed E-state index contributed by atoms with van der Waals surface area (Å²) in [6, 6.07) is 5.04. The van der Waals surface area contributed by atoms with Crippen LogP contribution in [0.2, 0.25) is 0 Å². The summed E-state index contributed by atoms with van der Waals surface area (Å²) in [5.74, 6) is 0.187. The molecule has 1 unspecified atom stereocenters. The average molecular weight is 417 g/mol. The number of rotatable bonds is 4. The number of halogens is 3. The molecule has 11 heteroatoms. The Balaban J connectivity index is 1.63. The van der Waals surface area contributed by atoms with E-state index < -0.39 is 17.9 Å². The van der Waals surface area contributed by atoms with Crippen LogP contribution >= 0.6 is 0 Å². The van der Waals surface area contributed by atoms with E-state index in [0.717, 1.165) is 11.8 Å². The fraction of sp³-hybridized carbons (Fsp3) is 0.316. The third-order valence-electron chi connectivity index (χ3n) is 4.72. The van der Waals surface area contributed by atoms with E-state index in [1.807, 2.05) is 6.92 Å². The van der Waals surface area contributed by atoms with Crippen molar-refractivity contribution in [2.24, 2.45) is 7.05 Å². The van der Waals surface area contributed by atoms with E-state index in [0.29, 0.717) is 24.3 Å². The Morgan fingerprint density at radius 1 is 1.23 bits per heavy atom. The van der Waals surface area contributed by atoms with Crippen LogP contribution in [0.5, 0.6) is 0 Å². The number of anilines is 2. The first-order valence-electron chi connectivity index (χ1n) is 9.17. The Bertz CT molecular complexity index is 1080. The predicted octanol–water partition coefficient (Wildman–Crippen LogP) is 2.82. The van der Waals surface area contributed by atoms with E-state index in [1.165, 1.54) is 12.4 Å². The Hall–Kier alpha value is -3.50. The minimum absolute atomic E-state index is 0.0717. The van der Waals surface area contributed by atoms with Crippen molar-refractivity contribution in [2.45, 2.75) is 25.6 Å². The van der Waals surface area contributed by atoms with Gasteiger partial charge in [0.15, 0.2) is 11.5 Å². The number of aryl methyl sites for hydroxylation is 2. The Morgan fingerprint density at radius 2 is 2.03 bits per heavy atom. The molecule has 0 saturated carbocycles. The van der Waals surface area contributed by atoms with Crippen LogP contribution in [0, 0.1) is 6.92 Å². The van der Waals surface area contributed by atoms with Crippen molar-refractivity contribution in [3.05, 3.63) is 48.0 Å². The normalized spacial score (nSPS) is 16.9. The minimum atomic E-state index is -4.66. The molecule has 30 heavy (non-hydrogen) atoms. The number of pyridine rings is 1. The van der Waals surface area contributed by atoms with Crippen molar-refractivity contribution < 1.29 is 18.0 Å². The van der Waals surface area contributed by atoms with Crippen molar-refractivity contribution in [1.82, 2.24) is 24.7 Å². The molecule has 0 aromatic carbocycles. The van der Waals surface area contributed by atoms with E-state index in [1.54, 1.807) is 34.8 Å². The summed E-state index contributed by atoms with van der Waals surface area (Å²) in [5, 5.41) is 7.08. The molecule has 0 bridgehead atoms. The number of hydrogen-bond donors (Lipinski definition) is 1. The monoisotopic (exact) mass is 417 g/mol. The maximum Gasteiger partial charge on any atom is 0.433 e. The third kappa shape index (κ3) is 3.82. The van der Waals surface area contributed by atoms with Gasteiger partial charge in [0.05, 0.1) is 5.69 Å². The van der Waals surface area contributed by atoms with Crippen LogP contribution in [0.1, 0.15) is 17.8 Å². The first kappa shape index (κ1) is 19.8. The van der Waals surface area contributed by atoms with Gasteiger partial charge in [0, 0.05) is 43.7 Å². The smallest absolute Gasteiger partial charge is 0.358 e. The molecule has 156 valence electrons. The molecule has 1 fully saturated rings. The topological polar surface area (TPSA) is 88.8 Å². The molecular weight excluding hydrogens is 399 g/mol. The number of nitrogens with one attached hydrogen (secondary N) is 1. The maximum absolute atomic E-state index is 13.4. The molecule has 3 aromatic rings. The highest BCUT2D eigenvalue weighted by Gasteiger charge is 2.37. The van der Waals surface area contributed by atoms with Crippen LogP contribution in [0.4, 0.5) is 24.8 Å².